The van der Waals surface area contributed by atoms with Crippen LogP contribution in [0.25, 0.3) is 0 Å². The SMILES string of the molecule is CC(CNCCc1ccc(Cl)cc1)/C(N)=N/O. The predicted molar refractivity (Wildman–Crippen MR) is 70.6 cm³/mol. The zero-order valence-electron chi connectivity index (χ0n) is 9.86. The Balaban J connectivity index is 2.22. The van der Waals surface area contributed by atoms with E-state index in [0.717, 1.165) is 18.0 Å². The molecule has 4 N–H and O–H groups in total. The second-order valence-electron chi connectivity index (χ2n) is 4.01. The lowest BCUT2D eigenvalue weighted by atomic mass is 10.1. The van der Waals surface area contributed by atoms with E-state index >= 15 is 0 Å². The Morgan fingerprint density at radius 1 is 1.47 bits per heavy atom. The van der Waals surface area contributed by atoms with E-state index in [1.54, 1.807) is 0 Å². The average Bonchev–Trinajstić information content (AvgIpc) is 2.35. The molecule has 1 aromatic carbocycles. The number of nitrogens with zero attached hydrogens (tertiary/aromatic N) is 1. The Labute approximate surface area is 106 Å². The topological polar surface area (TPSA) is 70.6 Å². The molecule has 0 spiro atoms. The van der Waals surface area contributed by atoms with Crippen LogP contribution in [0.4, 0.5) is 0 Å². The van der Waals surface area contributed by atoms with Crippen molar-refractivity contribution in [2.45, 2.75) is 13.3 Å². The maximum absolute atomic E-state index is 8.49. The molecule has 0 fully saturated rings. The van der Waals surface area contributed by atoms with Gasteiger partial charge in [-0.1, -0.05) is 35.8 Å². The monoisotopic (exact) mass is 255 g/mol. The van der Waals surface area contributed by atoms with Crippen molar-refractivity contribution in [2.24, 2.45) is 16.8 Å². The first kappa shape index (κ1) is 13.8. The number of nitrogens with two attached hydrogens (primary N) is 1. The summed E-state index contributed by atoms with van der Waals surface area (Å²) in [5, 5.41) is 15.5. The molecular weight excluding hydrogens is 238 g/mol. The van der Waals surface area contributed by atoms with Crippen molar-refractivity contribution in [2.75, 3.05) is 13.1 Å². The molecule has 0 aromatic heterocycles. The van der Waals surface area contributed by atoms with Crippen LogP contribution in [0.2, 0.25) is 5.02 Å². The van der Waals surface area contributed by atoms with Crippen LogP contribution in [0.3, 0.4) is 0 Å². The van der Waals surface area contributed by atoms with Crippen molar-refractivity contribution < 1.29 is 5.21 Å². The molecule has 17 heavy (non-hydrogen) atoms. The molecule has 1 rings (SSSR count). The molecule has 0 aliphatic rings. The summed E-state index contributed by atoms with van der Waals surface area (Å²) in [7, 11) is 0. The van der Waals surface area contributed by atoms with Crippen molar-refractivity contribution in [3.05, 3.63) is 34.9 Å². The first-order valence-corrected chi connectivity index (χ1v) is 5.94. The van der Waals surface area contributed by atoms with Crippen molar-refractivity contribution in [1.29, 1.82) is 0 Å². The van der Waals surface area contributed by atoms with Crippen molar-refractivity contribution in [3.8, 4) is 0 Å². The van der Waals surface area contributed by atoms with Gasteiger partial charge in [-0.25, -0.2) is 0 Å². The number of rotatable bonds is 6. The molecule has 94 valence electrons. The summed E-state index contributed by atoms with van der Waals surface area (Å²) in [5.41, 5.74) is 6.71. The summed E-state index contributed by atoms with van der Waals surface area (Å²) in [6.45, 7) is 3.46. The second-order valence-corrected chi connectivity index (χ2v) is 4.44. The molecule has 0 amide bonds. The number of amidine groups is 1. The van der Waals surface area contributed by atoms with Gasteiger partial charge in [-0.05, 0) is 30.7 Å². The smallest absolute Gasteiger partial charge is 0.143 e. The van der Waals surface area contributed by atoms with Gasteiger partial charge in [0.25, 0.3) is 0 Å². The highest BCUT2D eigenvalue weighted by molar-refractivity contribution is 6.30. The highest BCUT2D eigenvalue weighted by atomic mass is 35.5. The molecule has 0 saturated carbocycles. The molecule has 1 unspecified atom stereocenters. The number of hydrogen-bond donors (Lipinski definition) is 3. The summed E-state index contributed by atoms with van der Waals surface area (Å²) >= 11 is 5.80. The largest absolute Gasteiger partial charge is 0.409 e. The molecule has 0 aliphatic heterocycles. The van der Waals surface area contributed by atoms with Gasteiger partial charge in [-0.15, -0.1) is 0 Å². The molecule has 0 heterocycles. The zero-order valence-corrected chi connectivity index (χ0v) is 10.6. The standard InChI is InChI=1S/C12H18ClN3O/c1-9(12(14)16-17)8-15-7-6-10-2-4-11(13)5-3-10/h2-5,9,15,17H,6-8H2,1H3,(H2,14,16). The van der Waals surface area contributed by atoms with Crippen molar-refractivity contribution >= 4 is 17.4 Å². The molecule has 1 aromatic rings. The van der Waals surface area contributed by atoms with E-state index in [9.17, 15) is 0 Å². The minimum Gasteiger partial charge on any atom is -0.409 e. The highest BCUT2D eigenvalue weighted by Gasteiger charge is 2.06. The summed E-state index contributed by atoms with van der Waals surface area (Å²) in [4.78, 5) is 0. The number of nitrogens with one attached hydrogen (secondary N) is 1. The average molecular weight is 256 g/mol. The van der Waals surface area contributed by atoms with Gasteiger partial charge < -0.3 is 16.3 Å². The number of halogens is 1. The minimum atomic E-state index is 0.0326. The lowest BCUT2D eigenvalue weighted by Gasteiger charge is -2.10. The van der Waals surface area contributed by atoms with E-state index in [1.165, 1.54) is 5.56 Å². The third-order valence-electron chi connectivity index (χ3n) is 2.57. The fourth-order valence-electron chi connectivity index (χ4n) is 1.41. The molecule has 4 nitrogen and oxygen atoms in total. The third kappa shape index (κ3) is 5.06. The summed E-state index contributed by atoms with van der Waals surface area (Å²) < 4.78 is 0. The lowest BCUT2D eigenvalue weighted by molar-refractivity contribution is 0.314. The lowest BCUT2D eigenvalue weighted by Crippen LogP contribution is -2.32. The normalized spacial score (nSPS) is 13.6. The zero-order chi connectivity index (χ0) is 12.7. The van der Waals surface area contributed by atoms with Crippen LogP contribution < -0.4 is 11.1 Å². The quantitative estimate of drug-likeness (QED) is 0.239. The minimum absolute atomic E-state index is 0.0326. The van der Waals surface area contributed by atoms with E-state index in [2.05, 4.69) is 10.5 Å². The van der Waals surface area contributed by atoms with Gasteiger partial charge in [-0.3, -0.25) is 0 Å². The van der Waals surface area contributed by atoms with Gasteiger partial charge in [0.1, 0.15) is 5.84 Å². The number of benzene rings is 1. The van der Waals surface area contributed by atoms with Crippen molar-refractivity contribution in [1.82, 2.24) is 5.32 Å². The number of hydrogen-bond acceptors (Lipinski definition) is 3. The fraction of sp³-hybridized carbons (Fsp3) is 0.417. The van der Waals surface area contributed by atoms with Gasteiger partial charge in [0.05, 0.1) is 0 Å². The highest BCUT2D eigenvalue weighted by Crippen LogP contribution is 2.09. The molecule has 0 bridgehead atoms. The van der Waals surface area contributed by atoms with Crippen molar-refractivity contribution in [3.63, 3.8) is 0 Å². The van der Waals surface area contributed by atoms with Gasteiger partial charge in [-0.2, -0.15) is 0 Å². The van der Waals surface area contributed by atoms with E-state index in [1.807, 2.05) is 31.2 Å². The summed E-state index contributed by atoms with van der Waals surface area (Å²) in [6, 6.07) is 7.79. The first-order chi connectivity index (χ1) is 8.13. The second kappa shape index (κ2) is 7.14. The molecule has 5 heteroatoms. The van der Waals surface area contributed by atoms with E-state index < -0.39 is 0 Å². The third-order valence-corrected chi connectivity index (χ3v) is 2.83. The van der Waals surface area contributed by atoms with Gasteiger partial charge in [0, 0.05) is 17.5 Å². The van der Waals surface area contributed by atoms with E-state index in [0.29, 0.717) is 6.54 Å². The van der Waals surface area contributed by atoms with Crippen LogP contribution in [-0.2, 0) is 6.42 Å². The van der Waals surface area contributed by atoms with Gasteiger partial charge >= 0.3 is 0 Å². The van der Waals surface area contributed by atoms with Crippen LogP contribution >= 0.6 is 11.6 Å². The molecule has 0 aliphatic carbocycles. The maximum atomic E-state index is 8.49. The number of oxime groups is 1. The maximum Gasteiger partial charge on any atom is 0.143 e. The van der Waals surface area contributed by atoms with Crippen LogP contribution in [0, 0.1) is 5.92 Å². The van der Waals surface area contributed by atoms with Gasteiger partial charge in [0.2, 0.25) is 0 Å². The fourth-order valence-corrected chi connectivity index (χ4v) is 1.53. The predicted octanol–water partition coefficient (Wildman–Crippen LogP) is 1.85. The molecule has 1 atom stereocenters. The Morgan fingerprint density at radius 2 is 2.12 bits per heavy atom. The van der Waals surface area contributed by atoms with Crippen LogP contribution in [0.15, 0.2) is 29.4 Å². The van der Waals surface area contributed by atoms with Gasteiger partial charge in [0.15, 0.2) is 0 Å². The summed E-state index contributed by atoms with van der Waals surface area (Å²) in [5.74, 6) is 0.286. The molecule has 0 saturated heterocycles. The Hall–Kier alpha value is -1.26. The van der Waals surface area contributed by atoms with E-state index in [-0.39, 0.29) is 11.8 Å². The summed E-state index contributed by atoms with van der Waals surface area (Å²) in [6.07, 6.45) is 0.931. The first-order valence-electron chi connectivity index (χ1n) is 5.56. The Morgan fingerprint density at radius 3 is 2.71 bits per heavy atom. The van der Waals surface area contributed by atoms with Crippen LogP contribution in [-0.4, -0.2) is 24.1 Å². The van der Waals surface area contributed by atoms with Crippen LogP contribution in [0.5, 0.6) is 0 Å². The Bertz CT molecular complexity index is 365. The Kier molecular flexibility index (Phi) is 5.80. The molecule has 0 radical (unpaired) electrons. The van der Waals surface area contributed by atoms with E-state index in [4.69, 9.17) is 22.5 Å². The molecular formula is C12H18ClN3O. The van der Waals surface area contributed by atoms with Crippen LogP contribution in [0.1, 0.15) is 12.5 Å².